The van der Waals surface area contributed by atoms with Crippen LogP contribution in [0.2, 0.25) is 0 Å². The van der Waals surface area contributed by atoms with Crippen molar-refractivity contribution in [3.05, 3.63) is 24.3 Å². The SMILES string of the molecule is C=C(C)C(=O)O.C=C(C)C(=O)OC1(CC)CCCC1. The fourth-order valence-electron chi connectivity index (χ4n) is 1.83. The Morgan fingerprint density at radius 2 is 1.58 bits per heavy atom. The number of carbonyl (C=O) groups excluding carboxylic acids is 1. The highest BCUT2D eigenvalue weighted by Crippen LogP contribution is 2.36. The first kappa shape index (κ1) is 17.4. The van der Waals surface area contributed by atoms with Crippen molar-refractivity contribution in [3.8, 4) is 0 Å². The van der Waals surface area contributed by atoms with Crippen molar-refractivity contribution >= 4 is 11.9 Å². The molecule has 1 fully saturated rings. The molecular formula is C15H24O4. The average molecular weight is 268 g/mol. The highest BCUT2D eigenvalue weighted by Gasteiger charge is 2.35. The van der Waals surface area contributed by atoms with Crippen LogP contribution in [0.15, 0.2) is 24.3 Å². The molecule has 0 bridgehead atoms. The van der Waals surface area contributed by atoms with Gasteiger partial charge in [-0.05, 0) is 46.0 Å². The van der Waals surface area contributed by atoms with Crippen molar-refractivity contribution in [1.82, 2.24) is 0 Å². The zero-order chi connectivity index (χ0) is 15.1. The third-order valence-corrected chi connectivity index (χ3v) is 3.18. The van der Waals surface area contributed by atoms with Crippen LogP contribution in [-0.4, -0.2) is 22.6 Å². The molecule has 1 aliphatic rings. The van der Waals surface area contributed by atoms with E-state index in [1.165, 1.54) is 19.8 Å². The fourth-order valence-corrected chi connectivity index (χ4v) is 1.83. The van der Waals surface area contributed by atoms with Crippen molar-refractivity contribution in [2.24, 2.45) is 0 Å². The second kappa shape index (κ2) is 7.77. The van der Waals surface area contributed by atoms with E-state index in [1.54, 1.807) is 6.92 Å². The lowest BCUT2D eigenvalue weighted by Crippen LogP contribution is -2.31. The molecule has 0 aromatic carbocycles. The Hall–Kier alpha value is -1.58. The van der Waals surface area contributed by atoms with E-state index in [1.807, 2.05) is 0 Å². The molecule has 4 nitrogen and oxygen atoms in total. The molecule has 0 unspecified atom stereocenters. The smallest absolute Gasteiger partial charge is 0.333 e. The molecule has 0 radical (unpaired) electrons. The van der Waals surface area contributed by atoms with Gasteiger partial charge in [-0.1, -0.05) is 20.1 Å². The van der Waals surface area contributed by atoms with E-state index in [0.717, 1.165) is 19.3 Å². The minimum atomic E-state index is -0.935. The van der Waals surface area contributed by atoms with Gasteiger partial charge >= 0.3 is 11.9 Å². The average Bonchev–Trinajstić information content (AvgIpc) is 2.78. The summed E-state index contributed by atoms with van der Waals surface area (Å²) in [7, 11) is 0. The fraction of sp³-hybridized carbons (Fsp3) is 0.600. The lowest BCUT2D eigenvalue weighted by Gasteiger charge is -2.27. The standard InChI is InChI=1S/C11H18O2.C4H6O2/c1-4-11(7-5-6-8-11)13-10(12)9(2)3;1-3(2)4(5)6/h2,4-8H2,1,3H3;1H2,2H3,(H,5,6). The predicted octanol–water partition coefficient (Wildman–Crippen LogP) is 3.48. The van der Waals surface area contributed by atoms with Gasteiger partial charge in [0.25, 0.3) is 0 Å². The van der Waals surface area contributed by atoms with Crippen LogP contribution in [0.5, 0.6) is 0 Å². The van der Waals surface area contributed by atoms with Gasteiger partial charge in [0.1, 0.15) is 5.60 Å². The van der Waals surface area contributed by atoms with E-state index in [-0.39, 0.29) is 17.1 Å². The summed E-state index contributed by atoms with van der Waals surface area (Å²) in [5, 5.41) is 7.89. The number of esters is 1. The Balaban J connectivity index is 0.000000459. The Labute approximate surface area is 115 Å². The van der Waals surface area contributed by atoms with Crippen LogP contribution in [0.3, 0.4) is 0 Å². The van der Waals surface area contributed by atoms with Gasteiger partial charge < -0.3 is 9.84 Å². The Morgan fingerprint density at radius 3 is 1.84 bits per heavy atom. The third-order valence-electron chi connectivity index (χ3n) is 3.18. The van der Waals surface area contributed by atoms with Crippen LogP contribution < -0.4 is 0 Å². The van der Waals surface area contributed by atoms with Crippen LogP contribution in [0.25, 0.3) is 0 Å². The van der Waals surface area contributed by atoms with Gasteiger partial charge in [-0.3, -0.25) is 0 Å². The first-order valence-corrected chi connectivity index (χ1v) is 6.51. The summed E-state index contributed by atoms with van der Waals surface area (Å²) in [6, 6.07) is 0. The molecule has 0 heterocycles. The molecular weight excluding hydrogens is 244 g/mol. The second-order valence-electron chi connectivity index (χ2n) is 5.00. The van der Waals surface area contributed by atoms with Gasteiger partial charge in [0.2, 0.25) is 0 Å². The predicted molar refractivity (Wildman–Crippen MR) is 74.8 cm³/mol. The molecule has 0 aliphatic heterocycles. The van der Waals surface area contributed by atoms with E-state index < -0.39 is 5.97 Å². The van der Waals surface area contributed by atoms with Gasteiger partial charge in [0.15, 0.2) is 0 Å². The molecule has 0 aromatic heterocycles. The lowest BCUT2D eigenvalue weighted by atomic mass is 9.99. The number of rotatable bonds is 4. The van der Waals surface area contributed by atoms with Crippen molar-refractivity contribution in [1.29, 1.82) is 0 Å². The van der Waals surface area contributed by atoms with Gasteiger partial charge in [0.05, 0.1) is 0 Å². The van der Waals surface area contributed by atoms with E-state index in [2.05, 4.69) is 20.1 Å². The van der Waals surface area contributed by atoms with Gasteiger partial charge in [-0.15, -0.1) is 0 Å². The van der Waals surface area contributed by atoms with Crippen molar-refractivity contribution in [2.75, 3.05) is 0 Å². The molecule has 1 rings (SSSR count). The van der Waals surface area contributed by atoms with Crippen LogP contribution in [0.4, 0.5) is 0 Å². The summed E-state index contributed by atoms with van der Waals surface area (Å²) >= 11 is 0. The molecule has 0 amide bonds. The zero-order valence-corrected chi connectivity index (χ0v) is 12.1. The molecule has 4 heteroatoms. The number of ether oxygens (including phenoxy) is 1. The summed E-state index contributed by atoms with van der Waals surface area (Å²) in [6.07, 6.45) is 5.31. The van der Waals surface area contributed by atoms with E-state index in [9.17, 15) is 9.59 Å². The summed E-state index contributed by atoms with van der Waals surface area (Å²) in [6.45, 7) is 12.0. The third kappa shape index (κ3) is 6.22. The number of hydrogen-bond acceptors (Lipinski definition) is 3. The largest absolute Gasteiger partial charge is 0.478 e. The van der Waals surface area contributed by atoms with Crippen LogP contribution in [-0.2, 0) is 14.3 Å². The molecule has 0 aromatic rings. The van der Waals surface area contributed by atoms with Gasteiger partial charge in [-0.25, -0.2) is 9.59 Å². The first-order valence-electron chi connectivity index (χ1n) is 6.51. The lowest BCUT2D eigenvalue weighted by molar-refractivity contribution is -0.154. The number of carboxylic acid groups (broad SMARTS) is 1. The molecule has 108 valence electrons. The van der Waals surface area contributed by atoms with Crippen LogP contribution >= 0.6 is 0 Å². The van der Waals surface area contributed by atoms with Crippen molar-refractivity contribution < 1.29 is 19.4 Å². The summed E-state index contributed by atoms with van der Waals surface area (Å²) in [5.74, 6) is -1.17. The quantitative estimate of drug-likeness (QED) is 0.626. The maximum absolute atomic E-state index is 11.3. The highest BCUT2D eigenvalue weighted by molar-refractivity contribution is 5.87. The van der Waals surface area contributed by atoms with E-state index >= 15 is 0 Å². The monoisotopic (exact) mass is 268 g/mol. The summed E-state index contributed by atoms with van der Waals surface area (Å²) in [5.41, 5.74) is 0.505. The van der Waals surface area contributed by atoms with Crippen molar-refractivity contribution in [2.45, 2.75) is 58.5 Å². The first-order chi connectivity index (χ1) is 8.74. The Kier molecular flexibility index (Phi) is 7.12. The maximum atomic E-state index is 11.3. The van der Waals surface area contributed by atoms with Gasteiger partial charge in [0, 0.05) is 11.1 Å². The van der Waals surface area contributed by atoms with Crippen LogP contribution in [0, 0.1) is 0 Å². The molecule has 0 saturated heterocycles. The minimum Gasteiger partial charge on any atom is -0.478 e. The van der Waals surface area contributed by atoms with Crippen molar-refractivity contribution in [3.63, 3.8) is 0 Å². The second-order valence-corrected chi connectivity index (χ2v) is 5.00. The van der Waals surface area contributed by atoms with Gasteiger partial charge in [-0.2, -0.15) is 0 Å². The number of hydrogen-bond donors (Lipinski definition) is 1. The molecule has 19 heavy (non-hydrogen) atoms. The molecule has 1 saturated carbocycles. The molecule has 0 spiro atoms. The minimum absolute atomic E-state index is 0.171. The topological polar surface area (TPSA) is 63.6 Å². The number of carbonyl (C=O) groups is 2. The van der Waals surface area contributed by atoms with E-state index in [4.69, 9.17) is 9.84 Å². The zero-order valence-electron chi connectivity index (χ0n) is 12.1. The molecule has 0 atom stereocenters. The number of aliphatic carboxylic acids is 1. The molecule has 1 aliphatic carbocycles. The summed E-state index contributed by atoms with van der Waals surface area (Å²) in [4.78, 5) is 20.9. The maximum Gasteiger partial charge on any atom is 0.333 e. The van der Waals surface area contributed by atoms with E-state index in [0.29, 0.717) is 5.57 Å². The Morgan fingerprint density at radius 1 is 1.16 bits per heavy atom. The molecule has 1 N–H and O–H groups in total. The summed E-state index contributed by atoms with van der Waals surface area (Å²) < 4.78 is 5.47. The normalized spacial score (nSPS) is 15.9. The number of carboxylic acids is 1. The highest BCUT2D eigenvalue weighted by atomic mass is 16.6. The van der Waals surface area contributed by atoms with Crippen LogP contribution in [0.1, 0.15) is 52.9 Å². The Bertz CT molecular complexity index is 350.